The van der Waals surface area contributed by atoms with Gasteiger partial charge < -0.3 is 15.0 Å². The van der Waals surface area contributed by atoms with E-state index in [1.165, 1.54) is 11.0 Å². The highest BCUT2D eigenvalue weighted by molar-refractivity contribution is 6.35. The zero-order chi connectivity index (χ0) is 23.3. The van der Waals surface area contributed by atoms with E-state index in [0.717, 1.165) is 0 Å². The van der Waals surface area contributed by atoms with Gasteiger partial charge in [0.25, 0.3) is 5.91 Å². The topological polar surface area (TPSA) is 58.6 Å². The molecule has 0 aromatic heterocycles. The molecule has 5 nitrogen and oxygen atoms in total. The van der Waals surface area contributed by atoms with Crippen LogP contribution in [0.5, 0.6) is 5.75 Å². The first kappa shape index (κ1) is 25.6. The van der Waals surface area contributed by atoms with Gasteiger partial charge in [0.2, 0.25) is 5.91 Å². The molecule has 168 valence electrons. The van der Waals surface area contributed by atoms with Crippen molar-refractivity contribution in [3.05, 3.63) is 62.1 Å². The van der Waals surface area contributed by atoms with Gasteiger partial charge in [-0.1, -0.05) is 52.5 Å². The quantitative estimate of drug-likeness (QED) is 0.501. The Hall–Kier alpha value is -1.66. The largest absolute Gasteiger partial charge is 0.482 e. The fourth-order valence-corrected chi connectivity index (χ4v) is 3.64. The minimum atomic E-state index is -0.775. The minimum Gasteiger partial charge on any atom is -0.482 e. The lowest BCUT2D eigenvalue weighted by molar-refractivity contribution is -0.142. The molecule has 0 aliphatic carbocycles. The lowest BCUT2D eigenvalue weighted by atomic mass is 10.1. The van der Waals surface area contributed by atoms with Gasteiger partial charge in [-0.05, 0) is 63.6 Å². The van der Waals surface area contributed by atoms with Crippen LogP contribution in [-0.2, 0) is 16.1 Å². The van der Waals surface area contributed by atoms with Crippen molar-refractivity contribution >= 4 is 58.2 Å². The first-order chi connectivity index (χ1) is 14.4. The van der Waals surface area contributed by atoms with Crippen molar-refractivity contribution in [2.45, 2.75) is 45.8 Å². The summed E-state index contributed by atoms with van der Waals surface area (Å²) in [5.41, 5.74) is 0.199. The van der Waals surface area contributed by atoms with Crippen LogP contribution >= 0.6 is 46.4 Å². The summed E-state index contributed by atoms with van der Waals surface area (Å²) in [6, 6.07) is 8.92. The molecule has 0 spiro atoms. The van der Waals surface area contributed by atoms with Crippen LogP contribution in [0.25, 0.3) is 0 Å². The van der Waals surface area contributed by atoms with Crippen molar-refractivity contribution in [2.75, 3.05) is 6.61 Å². The summed E-state index contributed by atoms with van der Waals surface area (Å²) in [6.45, 7) is 7.03. The summed E-state index contributed by atoms with van der Waals surface area (Å²) in [4.78, 5) is 27.2. The van der Waals surface area contributed by atoms with Gasteiger partial charge in [0.1, 0.15) is 11.8 Å². The molecule has 0 fully saturated rings. The molecule has 0 radical (unpaired) electrons. The van der Waals surface area contributed by atoms with Gasteiger partial charge >= 0.3 is 0 Å². The second-order valence-electron chi connectivity index (χ2n) is 8.04. The second kappa shape index (κ2) is 10.8. The molecule has 2 aromatic rings. The van der Waals surface area contributed by atoms with Crippen molar-refractivity contribution in [2.24, 2.45) is 0 Å². The number of nitrogens with one attached hydrogen (secondary N) is 1. The maximum atomic E-state index is 13.1. The van der Waals surface area contributed by atoms with Gasteiger partial charge in [0.05, 0.1) is 5.02 Å². The van der Waals surface area contributed by atoms with Crippen LogP contribution in [-0.4, -0.2) is 34.9 Å². The number of nitrogens with zero attached hydrogens (tertiary/aromatic N) is 1. The normalized spacial score (nSPS) is 12.3. The average molecular weight is 506 g/mol. The minimum absolute atomic E-state index is 0.102. The summed E-state index contributed by atoms with van der Waals surface area (Å²) >= 11 is 24.3. The predicted molar refractivity (Wildman–Crippen MR) is 126 cm³/mol. The first-order valence-corrected chi connectivity index (χ1v) is 11.0. The van der Waals surface area contributed by atoms with E-state index in [1.54, 1.807) is 37.3 Å². The van der Waals surface area contributed by atoms with Crippen LogP contribution in [0.1, 0.15) is 33.3 Å². The zero-order valence-corrected chi connectivity index (χ0v) is 20.7. The molecule has 0 bridgehead atoms. The van der Waals surface area contributed by atoms with E-state index in [0.29, 0.717) is 26.4 Å². The number of carbonyl (C=O) groups excluding carboxylic acids is 2. The molecule has 1 N–H and O–H groups in total. The van der Waals surface area contributed by atoms with E-state index in [2.05, 4.69) is 5.32 Å². The summed E-state index contributed by atoms with van der Waals surface area (Å²) < 4.78 is 5.58. The molecule has 31 heavy (non-hydrogen) atoms. The average Bonchev–Trinajstić information content (AvgIpc) is 2.64. The fraction of sp³-hybridized carbons (Fsp3) is 0.364. The van der Waals surface area contributed by atoms with E-state index < -0.39 is 17.5 Å². The number of rotatable bonds is 7. The Morgan fingerprint density at radius 3 is 2.13 bits per heavy atom. The number of ether oxygens (including phenoxy) is 1. The molecular weight excluding hydrogens is 482 g/mol. The number of hydrogen-bond acceptors (Lipinski definition) is 3. The zero-order valence-electron chi connectivity index (χ0n) is 17.6. The Labute approximate surface area is 202 Å². The number of hydrogen-bond donors (Lipinski definition) is 1. The summed E-state index contributed by atoms with van der Waals surface area (Å²) in [7, 11) is 0. The molecule has 0 aliphatic heterocycles. The first-order valence-electron chi connectivity index (χ1n) is 9.50. The van der Waals surface area contributed by atoms with Gasteiger partial charge in [-0.25, -0.2) is 0 Å². The maximum Gasteiger partial charge on any atom is 0.261 e. The standard InChI is InChI=1S/C22H24Cl4N2O3/c1-13(21(30)27-22(2,3)4)28(11-14-5-6-15(23)9-17(14)25)20(29)12-31-19-8-7-16(24)10-18(19)26/h5-10,13H,11-12H2,1-4H3,(H,27,30)/t13-/m1/s1. The number of amides is 2. The molecule has 0 saturated carbocycles. The van der Waals surface area contributed by atoms with Crippen molar-refractivity contribution in [3.63, 3.8) is 0 Å². The van der Waals surface area contributed by atoms with Gasteiger partial charge in [-0.15, -0.1) is 0 Å². The third kappa shape index (κ3) is 7.76. The smallest absolute Gasteiger partial charge is 0.261 e. The highest BCUT2D eigenvalue weighted by Crippen LogP contribution is 2.28. The van der Waals surface area contributed by atoms with Crippen LogP contribution in [0.2, 0.25) is 20.1 Å². The Balaban J connectivity index is 2.24. The predicted octanol–water partition coefficient (Wildman–Crippen LogP) is 6.01. The monoisotopic (exact) mass is 504 g/mol. The number of benzene rings is 2. The van der Waals surface area contributed by atoms with E-state index >= 15 is 0 Å². The third-order valence-electron chi connectivity index (χ3n) is 4.27. The summed E-state index contributed by atoms with van der Waals surface area (Å²) in [5.74, 6) is -0.389. The molecular formula is C22H24Cl4N2O3. The van der Waals surface area contributed by atoms with Crippen molar-refractivity contribution in [1.82, 2.24) is 10.2 Å². The molecule has 0 heterocycles. The third-order valence-corrected chi connectivity index (χ3v) is 5.38. The van der Waals surface area contributed by atoms with Crippen LogP contribution < -0.4 is 10.1 Å². The molecule has 0 unspecified atom stereocenters. The highest BCUT2D eigenvalue weighted by atomic mass is 35.5. The molecule has 0 aliphatic rings. The van der Waals surface area contributed by atoms with Gasteiger partial charge in [-0.2, -0.15) is 0 Å². The van der Waals surface area contributed by atoms with E-state index in [9.17, 15) is 9.59 Å². The Bertz CT molecular complexity index is 960. The van der Waals surface area contributed by atoms with E-state index in [4.69, 9.17) is 51.1 Å². The number of carbonyl (C=O) groups is 2. The summed E-state index contributed by atoms with van der Waals surface area (Å²) in [6.07, 6.45) is 0. The Kier molecular flexibility index (Phi) is 8.90. The highest BCUT2D eigenvalue weighted by Gasteiger charge is 2.29. The lowest BCUT2D eigenvalue weighted by Crippen LogP contribution is -2.53. The van der Waals surface area contributed by atoms with E-state index in [1.807, 2.05) is 20.8 Å². The molecule has 9 heteroatoms. The summed E-state index contributed by atoms with van der Waals surface area (Å²) in [5, 5.41) is 4.50. The van der Waals surface area contributed by atoms with Crippen LogP contribution in [0.15, 0.2) is 36.4 Å². The maximum absolute atomic E-state index is 13.1. The molecule has 2 rings (SSSR count). The van der Waals surface area contributed by atoms with Crippen molar-refractivity contribution in [1.29, 1.82) is 0 Å². The Morgan fingerprint density at radius 1 is 1.00 bits per heavy atom. The van der Waals surface area contributed by atoms with Crippen molar-refractivity contribution < 1.29 is 14.3 Å². The van der Waals surface area contributed by atoms with Crippen LogP contribution in [0, 0.1) is 0 Å². The second-order valence-corrected chi connectivity index (χ2v) is 9.72. The molecule has 0 saturated heterocycles. The molecule has 2 amide bonds. The number of halogens is 4. The Morgan fingerprint density at radius 2 is 1.58 bits per heavy atom. The van der Waals surface area contributed by atoms with E-state index in [-0.39, 0.29) is 24.1 Å². The molecule has 1 atom stereocenters. The van der Waals surface area contributed by atoms with Crippen LogP contribution in [0.4, 0.5) is 0 Å². The lowest BCUT2D eigenvalue weighted by Gasteiger charge is -2.31. The molecule has 2 aromatic carbocycles. The van der Waals surface area contributed by atoms with Gasteiger partial charge in [0.15, 0.2) is 6.61 Å². The van der Waals surface area contributed by atoms with Gasteiger partial charge in [-0.3, -0.25) is 9.59 Å². The van der Waals surface area contributed by atoms with Gasteiger partial charge in [0, 0.05) is 27.2 Å². The van der Waals surface area contributed by atoms with Crippen LogP contribution in [0.3, 0.4) is 0 Å². The fourth-order valence-electron chi connectivity index (χ4n) is 2.70. The SMILES string of the molecule is C[C@H](C(=O)NC(C)(C)C)N(Cc1ccc(Cl)cc1Cl)C(=O)COc1ccc(Cl)cc1Cl. The van der Waals surface area contributed by atoms with Crippen molar-refractivity contribution in [3.8, 4) is 5.75 Å².